The Hall–Kier alpha value is -2.77. The van der Waals surface area contributed by atoms with E-state index in [2.05, 4.69) is 14.7 Å². The minimum atomic E-state index is -5.09. The number of fused-ring (bicyclic) bond motifs is 3. The Morgan fingerprint density at radius 3 is 2.86 bits per heavy atom. The highest BCUT2D eigenvalue weighted by Gasteiger charge is 2.42. The molecule has 0 saturated heterocycles. The van der Waals surface area contributed by atoms with Crippen LogP contribution in [0, 0.1) is 0 Å². The summed E-state index contributed by atoms with van der Waals surface area (Å²) >= 11 is 0. The van der Waals surface area contributed by atoms with Crippen LogP contribution in [0.25, 0.3) is 16.7 Å². The molecule has 0 saturated carbocycles. The van der Waals surface area contributed by atoms with Crippen LogP contribution < -0.4 is 4.74 Å². The lowest BCUT2D eigenvalue weighted by atomic mass is 10.1. The molecule has 8 heteroatoms. The fourth-order valence-electron chi connectivity index (χ4n) is 1.95. The van der Waals surface area contributed by atoms with E-state index in [1.54, 1.807) is 24.4 Å². The van der Waals surface area contributed by atoms with Crippen molar-refractivity contribution < 1.29 is 27.4 Å². The SMILES string of the molecule is O=C(OC1=CN=COc2ccc3[nH]ccc3c21)C(F)(F)F. The van der Waals surface area contributed by atoms with Gasteiger partial charge < -0.3 is 14.5 Å². The summed E-state index contributed by atoms with van der Waals surface area (Å²) in [6, 6.07) is 4.87. The van der Waals surface area contributed by atoms with Crippen molar-refractivity contribution in [3.05, 3.63) is 36.2 Å². The first-order chi connectivity index (χ1) is 9.97. The molecule has 0 aliphatic carbocycles. The summed E-state index contributed by atoms with van der Waals surface area (Å²) in [6.07, 6.45) is -1.43. The van der Waals surface area contributed by atoms with Crippen molar-refractivity contribution in [3.63, 3.8) is 0 Å². The van der Waals surface area contributed by atoms with Gasteiger partial charge >= 0.3 is 12.1 Å². The van der Waals surface area contributed by atoms with Crippen LogP contribution in [0.1, 0.15) is 5.56 Å². The number of carbonyl (C=O) groups is 1. The number of ether oxygens (including phenoxy) is 2. The number of esters is 1. The van der Waals surface area contributed by atoms with Gasteiger partial charge in [0.25, 0.3) is 0 Å². The van der Waals surface area contributed by atoms with Crippen LogP contribution in [0.2, 0.25) is 0 Å². The summed E-state index contributed by atoms with van der Waals surface area (Å²) in [5.74, 6) is -2.40. The maximum atomic E-state index is 12.4. The molecule has 0 radical (unpaired) electrons. The maximum absolute atomic E-state index is 12.4. The lowest BCUT2D eigenvalue weighted by Crippen LogP contribution is -2.24. The Kier molecular flexibility index (Phi) is 2.93. The number of benzene rings is 1. The molecule has 21 heavy (non-hydrogen) atoms. The van der Waals surface area contributed by atoms with Gasteiger partial charge in [0.15, 0.2) is 12.2 Å². The van der Waals surface area contributed by atoms with Crippen molar-refractivity contribution in [1.82, 2.24) is 4.98 Å². The number of alkyl halides is 3. The highest BCUT2D eigenvalue weighted by Crippen LogP contribution is 2.36. The van der Waals surface area contributed by atoms with Crippen molar-refractivity contribution in [1.29, 1.82) is 0 Å². The zero-order chi connectivity index (χ0) is 15.0. The molecule has 0 spiro atoms. The van der Waals surface area contributed by atoms with Crippen LogP contribution in [-0.2, 0) is 9.53 Å². The highest BCUT2D eigenvalue weighted by atomic mass is 19.4. The zero-order valence-corrected chi connectivity index (χ0v) is 10.3. The topological polar surface area (TPSA) is 63.7 Å². The largest absolute Gasteiger partial charge is 0.491 e. The summed E-state index contributed by atoms with van der Waals surface area (Å²) in [6.45, 7) is 0. The fourth-order valence-corrected chi connectivity index (χ4v) is 1.95. The first kappa shape index (κ1) is 13.2. The fraction of sp³-hybridized carbons (Fsp3) is 0.0769. The van der Waals surface area contributed by atoms with Gasteiger partial charge in [-0.25, -0.2) is 9.79 Å². The number of aromatic amines is 1. The predicted octanol–water partition coefficient (Wildman–Crippen LogP) is 2.99. The minimum absolute atomic E-state index is 0.226. The maximum Gasteiger partial charge on any atom is 0.491 e. The molecule has 1 aromatic heterocycles. The van der Waals surface area contributed by atoms with E-state index in [9.17, 15) is 18.0 Å². The van der Waals surface area contributed by atoms with Crippen molar-refractivity contribution in [2.45, 2.75) is 6.18 Å². The van der Waals surface area contributed by atoms with E-state index in [0.29, 0.717) is 10.9 Å². The smallest absolute Gasteiger partial charge is 0.445 e. The van der Waals surface area contributed by atoms with Gasteiger partial charge in [-0.3, -0.25) is 0 Å². The Bertz CT molecular complexity index is 775. The average Bonchev–Trinajstić information content (AvgIpc) is 2.80. The summed E-state index contributed by atoms with van der Waals surface area (Å²) in [5, 5.41) is 0.555. The van der Waals surface area contributed by atoms with Crippen LogP contribution in [0.5, 0.6) is 5.75 Å². The van der Waals surface area contributed by atoms with Crippen LogP contribution >= 0.6 is 0 Å². The predicted molar refractivity (Wildman–Crippen MR) is 67.5 cm³/mol. The van der Waals surface area contributed by atoms with E-state index in [1.807, 2.05) is 0 Å². The third kappa shape index (κ3) is 2.35. The monoisotopic (exact) mass is 296 g/mol. The second-order valence-electron chi connectivity index (χ2n) is 4.13. The minimum Gasteiger partial charge on any atom is -0.445 e. The van der Waals surface area contributed by atoms with E-state index in [-0.39, 0.29) is 17.1 Å². The molecule has 0 unspecified atom stereocenters. The van der Waals surface area contributed by atoms with E-state index >= 15 is 0 Å². The molecule has 0 fully saturated rings. The van der Waals surface area contributed by atoms with Crippen LogP contribution in [0.3, 0.4) is 0 Å². The second-order valence-corrected chi connectivity index (χ2v) is 4.13. The zero-order valence-electron chi connectivity index (χ0n) is 10.3. The Morgan fingerprint density at radius 1 is 1.29 bits per heavy atom. The van der Waals surface area contributed by atoms with Crippen LogP contribution in [0.4, 0.5) is 13.2 Å². The summed E-state index contributed by atoms with van der Waals surface area (Å²) < 4.78 is 46.7. The van der Waals surface area contributed by atoms with Gasteiger partial charge in [-0.15, -0.1) is 0 Å². The van der Waals surface area contributed by atoms with Gasteiger partial charge in [0.2, 0.25) is 0 Å². The quantitative estimate of drug-likeness (QED) is 0.823. The average molecular weight is 296 g/mol. The molecule has 108 valence electrons. The molecule has 1 aromatic carbocycles. The van der Waals surface area contributed by atoms with Gasteiger partial charge in [0.05, 0.1) is 11.8 Å². The number of halogens is 3. The number of carbonyl (C=O) groups excluding carboxylic acids is 1. The second kappa shape index (κ2) is 4.65. The molecule has 1 aliphatic heterocycles. The number of aromatic nitrogens is 1. The number of rotatable bonds is 1. The van der Waals surface area contributed by atoms with E-state index in [4.69, 9.17) is 4.74 Å². The van der Waals surface area contributed by atoms with E-state index < -0.39 is 12.1 Å². The van der Waals surface area contributed by atoms with Gasteiger partial charge in [-0.05, 0) is 18.2 Å². The Balaban J connectivity index is 2.11. The number of H-pyrrole nitrogens is 1. The first-order valence-corrected chi connectivity index (χ1v) is 5.75. The lowest BCUT2D eigenvalue weighted by Gasteiger charge is -2.12. The van der Waals surface area contributed by atoms with Crippen LogP contribution in [0.15, 0.2) is 35.6 Å². The summed E-state index contributed by atoms with van der Waals surface area (Å²) in [7, 11) is 0. The molecule has 2 aromatic rings. The van der Waals surface area contributed by atoms with E-state index in [0.717, 1.165) is 12.6 Å². The molecule has 0 bridgehead atoms. The molecule has 2 heterocycles. The van der Waals surface area contributed by atoms with Gasteiger partial charge in [0, 0.05) is 17.1 Å². The highest BCUT2D eigenvalue weighted by molar-refractivity contribution is 5.97. The molecular weight excluding hydrogens is 289 g/mol. The van der Waals surface area contributed by atoms with E-state index in [1.165, 1.54) is 0 Å². The molecule has 0 amide bonds. The standard InChI is InChI=1S/C13H7F3N2O3/c14-13(15,16)12(19)21-10-5-17-6-20-9-2-1-8-7(11(9)10)3-4-18-8/h1-6,18H. The van der Waals surface area contributed by atoms with Gasteiger partial charge in [-0.2, -0.15) is 13.2 Å². The molecule has 1 N–H and O–H groups in total. The number of hydrogen-bond donors (Lipinski definition) is 1. The van der Waals surface area contributed by atoms with Gasteiger partial charge in [0.1, 0.15) is 5.75 Å². The molecule has 1 aliphatic rings. The number of aliphatic imine (C=N–C) groups is 1. The van der Waals surface area contributed by atoms with Gasteiger partial charge in [-0.1, -0.05) is 0 Å². The Labute approximate surface area is 115 Å². The number of hydrogen-bond acceptors (Lipinski definition) is 4. The van der Waals surface area contributed by atoms with Crippen molar-refractivity contribution in [2.75, 3.05) is 0 Å². The molecular formula is C13H7F3N2O3. The van der Waals surface area contributed by atoms with Crippen molar-refractivity contribution >= 4 is 29.0 Å². The molecule has 0 atom stereocenters. The van der Waals surface area contributed by atoms with Crippen LogP contribution in [-0.4, -0.2) is 23.5 Å². The molecule has 3 rings (SSSR count). The summed E-state index contributed by atoms with van der Waals surface area (Å²) in [4.78, 5) is 17.6. The van der Waals surface area contributed by atoms with Crippen molar-refractivity contribution in [3.8, 4) is 5.75 Å². The number of nitrogens with zero attached hydrogens (tertiary/aromatic N) is 1. The Morgan fingerprint density at radius 2 is 2.10 bits per heavy atom. The van der Waals surface area contributed by atoms with Crippen molar-refractivity contribution in [2.24, 2.45) is 4.99 Å². The third-order valence-electron chi connectivity index (χ3n) is 2.81. The molecule has 5 nitrogen and oxygen atoms in total. The normalized spacial score (nSPS) is 14.1. The first-order valence-electron chi connectivity index (χ1n) is 5.75. The third-order valence-corrected chi connectivity index (χ3v) is 2.81. The number of nitrogens with one attached hydrogen (secondary N) is 1. The summed E-state index contributed by atoms with van der Waals surface area (Å²) in [5.41, 5.74) is 0.886. The lowest BCUT2D eigenvalue weighted by molar-refractivity contribution is -0.192.